The molecule has 1 atom stereocenters. The first-order chi connectivity index (χ1) is 5.08. The number of hydrogen-bond acceptors (Lipinski definition) is 3. The third kappa shape index (κ3) is 3.69. The van der Waals surface area contributed by atoms with Crippen LogP contribution >= 0.6 is 0 Å². The van der Waals surface area contributed by atoms with Crippen molar-refractivity contribution in [1.82, 2.24) is 4.72 Å². The molecular formula is C6H13NO3S. The Morgan fingerprint density at radius 1 is 1.45 bits per heavy atom. The minimum Gasteiger partial charge on any atom is -0.362 e. The van der Waals surface area contributed by atoms with E-state index >= 15 is 0 Å². The SMILES string of the molecule is CS(=O)(=O)NC1CCCCO1. The molecule has 1 aliphatic rings. The van der Waals surface area contributed by atoms with E-state index < -0.39 is 10.0 Å². The predicted molar refractivity (Wildman–Crippen MR) is 41.6 cm³/mol. The van der Waals surface area contributed by atoms with Gasteiger partial charge in [-0.15, -0.1) is 0 Å². The van der Waals surface area contributed by atoms with Gasteiger partial charge in [-0.1, -0.05) is 0 Å². The molecule has 5 heteroatoms. The molecule has 1 rings (SSSR count). The lowest BCUT2D eigenvalue weighted by Crippen LogP contribution is -2.38. The summed E-state index contributed by atoms with van der Waals surface area (Å²) < 4.78 is 29.0. The molecule has 0 aliphatic carbocycles. The highest BCUT2D eigenvalue weighted by molar-refractivity contribution is 7.88. The van der Waals surface area contributed by atoms with E-state index in [0.29, 0.717) is 6.61 Å². The van der Waals surface area contributed by atoms with Crippen LogP contribution in [0.15, 0.2) is 0 Å². The second-order valence-corrected chi connectivity index (χ2v) is 4.53. The lowest BCUT2D eigenvalue weighted by molar-refractivity contribution is 0.00967. The number of ether oxygens (including phenoxy) is 1. The molecule has 11 heavy (non-hydrogen) atoms. The van der Waals surface area contributed by atoms with E-state index in [9.17, 15) is 8.42 Å². The second-order valence-electron chi connectivity index (χ2n) is 2.75. The van der Waals surface area contributed by atoms with Crippen molar-refractivity contribution in [3.05, 3.63) is 0 Å². The second kappa shape index (κ2) is 3.51. The molecule has 1 unspecified atom stereocenters. The zero-order valence-electron chi connectivity index (χ0n) is 6.54. The minimum atomic E-state index is -3.10. The molecule has 0 bridgehead atoms. The molecule has 1 N–H and O–H groups in total. The van der Waals surface area contributed by atoms with Crippen molar-refractivity contribution in [3.63, 3.8) is 0 Å². The molecule has 4 nitrogen and oxygen atoms in total. The summed E-state index contributed by atoms with van der Waals surface area (Å²) in [5.74, 6) is 0. The van der Waals surface area contributed by atoms with Gasteiger partial charge in [-0.05, 0) is 19.3 Å². The lowest BCUT2D eigenvalue weighted by Gasteiger charge is -2.22. The van der Waals surface area contributed by atoms with Gasteiger partial charge in [0.05, 0.1) is 6.26 Å². The van der Waals surface area contributed by atoms with Gasteiger partial charge in [0, 0.05) is 6.61 Å². The van der Waals surface area contributed by atoms with Crippen LogP contribution in [0.1, 0.15) is 19.3 Å². The van der Waals surface area contributed by atoms with Crippen LogP contribution in [0.4, 0.5) is 0 Å². The van der Waals surface area contributed by atoms with E-state index in [-0.39, 0.29) is 6.23 Å². The maximum Gasteiger partial charge on any atom is 0.210 e. The maximum atomic E-state index is 10.7. The van der Waals surface area contributed by atoms with E-state index in [1.165, 1.54) is 0 Å². The van der Waals surface area contributed by atoms with Crippen LogP contribution in [0.2, 0.25) is 0 Å². The minimum absolute atomic E-state index is 0.293. The Bertz CT molecular complexity index is 206. The van der Waals surface area contributed by atoms with Gasteiger partial charge in [-0.3, -0.25) is 0 Å². The highest BCUT2D eigenvalue weighted by Gasteiger charge is 2.16. The average molecular weight is 179 g/mol. The molecule has 1 aliphatic heterocycles. The highest BCUT2D eigenvalue weighted by Crippen LogP contribution is 2.10. The Kier molecular flexibility index (Phi) is 2.86. The normalized spacial score (nSPS) is 26.8. The lowest BCUT2D eigenvalue weighted by atomic mass is 10.2. The van der Waals surface area contributed by atoms with Crippen LogP contribution in [0.3, 0.4) is 0 Å². The maximum absolute atomic E-state index is 10.7. The monoisotopic (exact) mass is 179 g/mol. The molecule has 0 spiro atoms. The summed E-state index contributed by atoms with van der Waals surface area (Å²) in [7, 11) is -3.10. The van der Waals surface area contributed by atoms with Crippen LogP contribution in [0.5, 0.6) is 0 Å². The quantitative estimate of drug-likeness (QED) is 0.652. The van der Waals surface area contributed by atoms with Crippen molar-refractivity contribution in [2.75, 3.05) is 12.9 Å². The van der Waals surface area contributed by atoms with Crippen LogP contribution in [-0.4, -0.2) is 27.5 Å². The fourth-order valence-corrected chi connectivity index (χ4v) is 1.74. The van der Waals surface area contributed by atoms with Gasteiger partial charge >= 0.3 is 0 Å². The summed E-state index contributed by atoms with van der Waals surface area (Å²) in [5, 5.41) is 0. The van der Waals surface area contributed by atoms with Gasteiger partial charge in [-0.2, -0.15) is 4.72 Å². The van der Waals surface area contributed by atoms with E-state index in [2.05, 4.69) is 4.72 Å². The fraction of sp³-hybridized carbons (Fsp3) is 1.00. The first kappa shape index (κ1) is 8.96. The van der Waals surface area contributed by atoms with Gasteiger partial charge < -0.3 is 4.74 Å². The van der Waals surface area contributed by atoms with Crippen molar-refractivity contribution < 1.29 is 13.2 Å². The molecule has 0 aromatic heterocycles. The Balaban J connectivity index is 2.36. The van der Waals surface area contributed by atoms with Gasteiger partial charge in [-0.25, -0.2) is 8.42 Å². The molecule has 0 radical (unpaired) electrons. The molecular weight excluding hydrogens is 166 g/mol. The Morgan fingerprint density at radius 2 is 2.18 bits per heavy atom. The van der Waals surface area contributed by atoms with Gasteiger partial charge in [0.25, 0.3) is 0 Å². The number of nitrogens with one attached hydrogen (secondary N) is 1. The molecule has 66 valence electrons. The van der Waals surface area contributed by atoms with Crippen molar-refractivity contribution in [1.29, 1.82) is 0 Å². The van der Waals surface area contributed by atoms with Crippen molar-refractivity contribution in [3.8, 4) is 0 Å². The summed E-state index contributed by atoms with van der Waals surface area (Å²) in [5.41, 5.74) is 0. The van der Waals surface area contributed by atoms with Crippen molar-refractivity contribution in [2.45, 2.75) is 25.5 Å². The molecule has 1 fully saturated rings. The van der Waals surface area contributed by atoms with Crippen LogP contribution in [0.25, 0.3) is 0 Å². The van der Waals surface area contributed by atoms with E-state index in [1.54, 1.807) is 0 Å². The largest absolute Gasteiger partial charge is 0.362 e. The molecule has 0 amide bonds. The van der Waals surface area contributed by atoms with Crippen LogP contribution in [0, 0.1) is 0 Å². The number of sulfonamides is 1. The Morgan fingerprint density at radius 3 is 2.64 bits per heavy atom. The zero-order chi connectivity index (χ0) is 8.32. The number of hydrogen-bond donors (Lipinski definition) is 1. The van der Waals surface area contributed by atoms with Gasteiger partial charge in [0.1, 0.15) is 6.23 Å². The topological polar surface area (TPSA) is 55.4 Å². The smallest absolute Gasteiger partial charge is 0.210 e. The Hall–Kier alpha value is -0.130. The van der Waals surface area contributed by atoms with Gasteiger partial charge in [0.15, 0.2) is 0 Å². The van der Waals surface area contributed by atoms with Crippen LogP contribution in [-0.2, 0) is 14.8 Å². The first-order valence-electron chi connectivity index (χ1n) is 3.67. The third-order valence-electron chi connectivity index (χ3n) is 1.53. The van der Waals surface area contributed by atoms with Gasteiger partial charge in [0.2, 0.25) is 10.0 Å². The van der Waals surface area contributed by atoms with Crippen molar-refractivity contribution >= 4 is 10.0 Å². The van der Waals surface area contributed by atoms with Crippen molar-refractivity contribution in [2.24, 2.45) is 0 Å². The molecule has 0 saturated carbocycles. The zero-order valence-corrected chi connectivity index (χ0v) is 7.36. The average Bonchev–Trinajstić information content (AvgIpc) is 1.85. The fourth-order valence-electron chi connectivity index (χ4n) is 1.07. The highest BCUT2D eigenvalue weighted by atomic mass is 32.2. The van der Waals surface area contributed by atoms with E-state index in [1.807, 2.05) is 0 Å². The number of rotatable bonds is 2. The first-order valence-corrected chi connectivity index (χ1v) is 5.56. The molecule has 1 saturated heterocycles. The van der Waals surface area contributed by atoms with E-state index in [0.717, 1.165) is 25.5 Å². The summed E-state index contributed by atoms with van der Waals surface area (Å²) in [6.07, 6.45) is 3.70. The van der Waals surface area contributed by atoms with E-state index in [4.69, 9.17) is 4.74 Å². The summed E-state index contributed by atoms with van der Waals surface area (Å²) >= 11 is 0. The Labute approximate surface area is 67.0 Å². The summed E-state index contributed by atoms with van der Waals surface area (Å²) in [4.78, 5) is 0. The third-order valence-corrected chi connectivity index (χ3v) is 2.22. The predicted octanol–water partition coefficient (Wildman–Crippen LogP) is 0.0622. The summed E-state index contributed by atoms with van der Waals surface area (Å²) in [6.45, 7) is 0.660. The molecule has 0 aromatic rings. The van der Waals surface area contributed by atoms with Crippen LogP contribution < -0.4 is 4.72 Å². The summed E-state index contributed by atoms with van der Waals surface area (Å²) in [6, 6.07) is 0. The molecule has 1 heterocycles. The standard InChI is InChI=1S/C6H13NO3S/c1-11(8,9)7-6-4-2-3-5-10-6/h6-7H,2-5H2,1H3. The molecule has 0 aromatic carbocycles.